The molecule has 11 rings (SSSR count). The van der Waals surface area contributed by atoms with Crippen LogP contribution in [0.2, 0.25) is 0 Å². The lowest BCUT2D eigenvalue weighted by molar-refractivity contribution is 0.669. The SMILES string of the molecule is c1ccc(N(c2ccc3c(c2)oc2ccc4ccccc4c23)c2cccc3c2-c2ccccc2C32c3ccccc3-c3ccccc32)cc1. The van der Waals surface area contributed by atoms with Crippen LogP contribution in [0, 0.1) is 0 Å². The summed E-state index contributed by atoms with van der Waals surface area (Å²) in [7, 11) is 0. The van der Waals surface area contributed by atoms with Gasteiger partial charge in [0.05, 0.1) is 11.1 Å². The lowest BCUT2D eigenvalue weighted by Crippen LogP contribution is -2.26. The average molecular weight is 624 g/mol. The molecule has 0 unspecified atom stereocenters. The van der Waals surface area contributed by atoms with E-state index in [1.165, 1.54) is 60.7 Å². The quantitative estimate of drug-likeness (QED) is 0.195. The van der Waals surface area contributed by atoms with Crippen LogP contribution in [0.1, 0.15) is 22.3 Å². The summed E-state index contributed by atoms with van der Waals surface area (Å²) < 4.78 is 6.60. The standard InChI is InChI=1S/C47H29NO/c1-2-14-31(15-3-1)48(32-26-27-37-44(29-32)49-43-28-25-30-13-4-5-16-33(30)45(37)43)42-24-12-23-41-46(42)36-19-8-11-22-40(36)47(41)38-20-9-6-17-34(38)35-18-7-10-21-39(35)47/h1-29H. The van der Waals surface area contributed by atoms with Crippen molar-refractivity contribution in [1.29, 1.82) is 0 Å². The van der Waals surface area contributed by atoms with Crippen molar-refractivity contribution in [2.45, 2.75) is 5.41 Å². The first-order valence-electron chi connectivity index (χ1n) is 16.9. The van der Waals surface area contributed by atoms with Gasteiger partial charge in [-0.3, -0.25) is 0 Å². The van der Waals surface area contributed by atoms with E-state index < -0.39 is 5.41 Å². The van der Waals surface area contributed by atoms with Crippen LogP contribution in [0.4, 0.5) is 17.1 Å². The number of hydrogen-bond donors (Lipinski definition) is 0. The third-order valence-electron chi connectivity index (χ3n) is 10.9. The Hall–Kier alpha value is -6.38. The van der Waals surface area contributed by atoms with Crippen molar-refractivity contribution >= 4 is 49.8 Å². The molecular weight excluding hydrogens is 595 g/mol. The normalized spacial score (nSPS) is 13.5. The minimum absolute atomic E-state index is 0.402. The Morgan fingerprint density at radius 1 is 0.408 bits per heavy atom. The molecule has 2 heteroatoms. The van der Waals surface area contributed by atoms with E-state index >= 15 is 0 Å². The molecule has 1 aromatic heterocycles. The summed E-state index contributed by atoms with van der Waals surface area (Å²) in [6.07, 6.45) is 0. The summed E-state index contributed by atoms with van der Waals surface area (Å²) in [5.41, 5.74) is 15.2. The van der Waals surface area contributed by atoms with Crippen LogP contribution in [-0.4, -0.2) is 0 Å². The minimum atomic E-state index is -0.402. The summed E-state index contributed by atoms with van der Waals surface area (Å²) in [6, 6.07) is 64.1. The van der Waals surface area contributed by atoms with Crippen LogP contribution < -0.4 is 4.90 Å². The maximum absolute atomic E-state index is 6.60. The first kappa shape index (κ1) is 26.7. The van der Waals surface area contributed by atoms with E-state index in [2.05, 4.69) is 181 Å². The molecule has 0 N–H and O–H groups in total. The smallest absolute Gasteiger partial charge is 0.137 e. The van der Waals surface area contributed by atoms with Crippen LogP contribution in [0.25, 0.3) is 55.0 Å². The maximum Gasteiger partial charge on any atom is 0.137 e. The van der Waals surface area contributed by atoms with Crippen LogP contribution in [0.3, 0.4) is 0 Å². The highest BCUT2D eigenvalue weighted by Gasteiger charge is 2.52. The molecule has 0 radical (unpaired) electrons. The topological polar surface area (TPSA) is 16.4 Å². The zero-order valence-corrected chi connectivity index (χ0v) is 26.6. The van der Waals surface area contributed by atoms with Crippen LogP contribution in [-0.2, 0) is 5.41 Å². The van der Waals surface area contributed by atoms with Gasteiger partial charge in [0.1, 0.15) is 11.2 Å². The van der Waals surface area contributed by atoms with Gasteiger partial charge in [-0.15, -0.1) is 0 Å². The molecule has 2 aliphatic rings. The predicted molar refractivity (Wildman–Crippen MR) is 202 cm³/mol. The molecule has 0 amide bonds. The molecule has 9 aromatic rings. The van der Waals surface area contributed by atoms with Gasteiger partial charge in [0.25, 0.3) is 0 Å². The van der Waals surface area contributed by atoms with Gasteiger partial charge in [-0.1, -0.05) is 133 Å². The lowest BCUT2D eigenvalue weighted by Gasteiger charge is -2.31. The van der Waals surface area contributed by atoms with Crippen molar-refractivity contribution in [2.24, 2.45) is 0 Å². The number of furan rings is 1. The Kier molecular flexibility index (Phi) is 5.34. The molecule has 0 atom stereocenters. The van der Waals surface area contributed by atoms with Crippen LogP contribution in [0.15, 0.2) is 180 Å². The van der Waals surface area contributed by atoms with Crippen LogP contribution >= 0.6 is 0 Å². The van der Waals surface area contributed by atoms with Crippen molar-refractivity contribution < 1.29 is 4.42 Å². The molecule has 1 spiro atoms. The Bertz CT molecular complexity index is 2740. The lowest BCUT2D eigenvalue weighted by atomic mass is 9.70. The molecular formula is C47H29NO. The number of nitrogens with zero attached hydrogens (tertiary/aromatic N) is 1. The third kappa shape index (κ3) is 3.45. The van der Waals surface area contributed by atoms with E-state index in [0.29, 0.717) is 0 Å². The highest BCUT2D eigenvalue weighted by atomic mass is 16.3. The monoisotopic (exact) mass is 623 g/mol. The zero-order valence-electron chi connectivity index (χ0n) is 26.6. The van der Waals surface area contributed by atoms with Gasteiger partial charge < -0.3 is 9.32 Å². The molecule has 228 valence electrons. The minimum Gasteiger partial charge on any atom is -0.456 e. The molecule has 2 aliphatic carbocycles. The van der Waals surface area contributed by atoms with Gasteiger partial charge in [-0.25, -0.2) is 0 Å². The van der Waals surface area contributed by atoms with Crippen LogP contribution in [0.5, 0.6) is 0 Å². The molecule has 0 fully saturated rings. The molecule has 1 heterocycles. The summed E-state index contributed by atoms with van der Waals surface area (Å²) in [5, 5.41) is 4.73. The zero-order chi connectivity index (χ0) is 32.1. The second kappa shape index (κ2) is 9.82. The summed E-state index contributed by atoms with van der Waals surface area (Å²) in [6.45, 7) is 0. The Morgan fingerprint density at radius 2 is 1.04 bits per heavy atom. The number of fused-ring (bicyclic) bond motifs is 15. The highest BCUT2D eigenvalue weighted by molar-refractivity contribution is 6.19. The molecule has 0 aliphatic heterocycles. The van der Waals surface area contributed by atoms with E-state index in [4.69, 9.17) is 4.42 Å². The van der Waals surface area contributed by atoms with E-state index in [1.807, 2.05) is 0 Å². The molecule has 49 heavy (non-hydrogen) atoms. The fraction of sp³-hybridized carbons (Fsp3) is 0.0213. The van der Waals surface area contributed by atoms with Gasteiger partial charge in [-0.2, -0.15) is 0 Å². The molecule has 0 bridgehead atoms. The predicted octanol–water partition coefficient (Wildman–Crippen LogP) is 12.6. The number of para-hydroxylation sites is 1. The molecule has 8 aromatic carbocycles. The Balaban J connectivity index is 1.20. The number of rotatable bonds is 3. The number of benzene rings is 8. The Labute approximate surface area is 284 Å². The van der Waals surface area contributed by atoms with Gasteiger partial charge in [0.15, 0.2) is 0 Å². The fourth-order valence-electron chi connectivity index (χ4n) is 8.99. The number of hydrogen-bond acceptors (Lipinski definition) is 2. The summed E-state index contributed by atoms with van der Waals surface area (Å²) in [4.78, 5) is 2.41. The maximum atomic E-state index is 6.60. The third-order valence-corrected chi connectivity index (χ3v) is 10.9. The molecule has 0 saturated heterocycles. The molecule has 0 saturated carbocycles. The first-order chi connectivity index (χ1) is 24.3. The van der Waals surface area contributed by atoms with Gasteiger partial charge in [0, 0.05) is 33.8 Å². The van der Waals surface area contributed by atoms with E-state index in [0.717, 1.165) is 33.6 Å². The summed E-state index contributed by atoms with van der Waals surface area (Å²) >= 11 is 0. The largest absolute Gasteiger partial charge is 0.456 e. The second-order valence-electron chi connectivity index (χ2n) is 13.2. The van der Waals surface area contributed by atoms with Crippen molar-refractivity contribution in [1.82, 2.24) is 0 Å². The van der Waals surface area contributed by atoms with Crippen molar-refractivity contribution in [3.8, 4) is 22.3 Å². The van der Waals surface area contributed by atoms with Crippen molar-refractivity contribution in [3.05, 3.63) is 198 Å². The number of anilines is 3. The van der Waals surface area contributed by atoms with Crippen molar-refractivity contribution in [2.75, 3.05) is 4.90 Å². The van der Waals surface area contributed by atoms with Gasteiger partial charge in [-0.05, 0) is 86.1 Å². The Morgan fingerprint density at radius 3 is 1.82 bits per heavy atom. The fourth-order valence-corrected chi connectivity index (χ4v) is 8.99. The summed E-state index contributed by atoms with van der Waals surface area (Å²) in [5.74, 6) is 0. The highest BCUT2D eigenvalue weighted by Crippen LogP contribution is 2.64. The van der Waals surface area contributed by atoms with Gasteiger partial charge >= 0.3 is 0 Å². The van der Waals surface area contributed by atoms with E-state index in [1.54, 1.807) is 0 Å². The second-order valence-corrected chi connectivity index (χ2v) is 13.2. The molecule has 2 nitrogen and oxygen atoms in total. The average Bonchev–Trinajstić information content (AvgIpc) is 3.80. The van der Waals surface area contributed by atoms with Crippen molar-refractivity contribution in [3.63, 3.8) is 0 Å². The van der Waals surface area contributed by atoms with Gasteiger partial charge in [0.2, 0.25) is 0 Å². The van der Waals surface area contributed by atoms with E-state index in [9.17, 15) is 0 Å². The first-order valence-corrected chi connectivity index (χ1v) is 16.9. The van der Waals surface area contributed by atoms with E-state index in [-0.39, 0.29) is 0 Å².